The van der Waals surface area contributed by atoms with Gasteiger partial charge >= 0.3 is 0 Å². The van der Waals surface area contributed by atoms with E-state index >= 15 is 0 Å². The number of hydrogen-bond donors (Lipinski definition) is 1. The van der Waals surface area contributed by atoms with Crippen molar-refractivity contribution < 1.29 is 13.9 Å². The van der Waals surface area contributed by atoms with Crippen molar-refractivity contribution >= 4 is 27.9 Å². The molecule has 0 saturated carbocycles. The zero-order valence-electron chi connectivity index (χ0n) is 15.1. The van der Waals surface area contributed by atoms with E-state index in [4.69, 9.17) is 4.74 Å². The van der Waals surface area contributed by atoms with E-state index in [0.29, 0.717) is 22.4 Å². The van der Waals surface area contributed by atoms with Crippen molar-refractivity contribution in [2.24, 2.45) is 0 Å². The second kappa shape index (κ2) is 9.89. The lowest BCUT2D eigenvalue weighted by Crippen LogP contribution is -2.32. The first-order chi connectivity index (χ1) is 12.9. The first kappa shape index (κ1) is 20.7. The van der Waals surface area contributed by atoms with Gasteiger partial charge in [0.25, 0.3) is 5.91 Å². The minimum atomic E-state index is -0.389. The van der Waals surface area contributed by atoms with E-state index in [1.165, 1.54) is 18.2 Å². The maximum Gasteiger partial charge on any atom is 0.262 e. The number of carbonyl (C=O) groups is 1. The van der Waals surface area contributed by atoms with Gasteiger partial charge in [0.2, 0.25) is 0 Å². The van der Waals surface area contributed by atoms with E-state index < -0.39 is 0 Å². The lowest BCUT2D eigenvalue weighted by Gasteiger charge is -2.11. The molecule has 2 rings (SSSR count). The maximum atomic E-state index is 12.9. The third kappa shape index (κ3) is 6.22. The Labute approximate surface area is 166 Å². The smallest absolute Gasteiger partial charge is 0.262 e. The molecule has 0 saturated heterocycles. The summed E-state index contributed by atoms with van der Waals surface area (Å²) in [5.41, 5.74) is 1.59. The number of benzene rings is 2. The van der Waals surface area contributed by atoms with Gasteiger partial charge in [-0.15, -0.1) is 0 Å². The highest BCUT2D eigenvalue weighted by atomic mass is 79.9. The van der Waals surface area contributed by atoms with Crippen LogP contribution < -0.4 is 10.1 Å². The van der Waals surface area contributed by atoms with Crippen LogP contribution >= 0.6 is 15.9 Å². The normalized spacial score (nSPS) is 12.2. The average Bonchev–Trinajstić information content (AvgIpc) is 2.66. The fraction of sp³-hybridized carbons (Fsp3) is 0.238. The third-order valence-electron chi connectivity index (χ3n) is 3.93. The fourth-order valence-corrected chi connectivity index (χ4v) is 2.70. The molecule has 1 amide bonds. The van der Waals surface area contributed by atoms with Crippen molar-refractivity contribution in [3.05, 3.63) is 69.5 Å². The van der Waals surface area contributed by atoms with E-state index in [2.05, 4.69) is 21.2 Å². The minimum Gasteiger partial charge on any atom is -0.488 e. The van der Waals surface area contributed by atoms with E-state index in [1.54, 1.807) is 30.3 Å². The van der Waals surface area contributed by atoms with Gasteiger partial charge in [0.15, 0.2) is 0 Å². The Balaban J connectivity index is 2.09. The Kier molecular flexibility index (Phi) is 7.56. The van der Waals surface area contributed by atoms with Gasteiger partial charge in [-0.2, -0.15) is 5.26 Å². The molecule has 0 aliphatic heterocycles. The molecule has 0 aliphatic carbocycles. The van der Waals surface area contributed by atoms with Crippen molar-refractivity contribution in [1.29, 1.82) is 5.26 Å². The van der Waals surface area contributed by atoms with Crippen LogP contribution in [0.2, 0.25) is 0 Å². The van der Waals surface area contributed by atoms with Gasteiger partial charge in [0.1, 0.15) is 29.8 Å². The predicted octanol–water partition coefficient (Wildman–Crippen LogP) is 4.99. The zero-order chi connectivity index (χ0) is 19.8. The van der Waals surface area contributed by atoms with Crippen LogP contribution in [-0.4, -0.2) is 11.9 Å². The number of hydrogen-bond acceptors (Lipinski definition) is 3. The van der Waals surface area contributed by atoms with Gasteiger partial charge in [0.05, 0.1) is 4.47 Å². The monoisotopic (exact) mass is 430 g/mol. The summed E-state index contributed by atoms with van der Waals surface area (Å²) in [7, 11) is 0. The number of amides is 1. The Morgan fingerprint density at radius 2 is 2.04 bits per heavy atom. The van der Waals surface area contributed by atoms with Crippen LogP contribution in [0.5, 0.6) is 5.75 Å². The molecule has 0 unspecified atom stereocenters. The molecule has 1 atom stereocenters. The Bertz CT molecular complexity index is 873. The van der Waals surface area contributed by atoms with Crippen LogP contribution in [0.1, 0.15) is 31.4 Å². The summed E-state index contributed by atoms with van der Waals surface area (Å²) in [6.45, 7) is 4.15. The van der Waals surface area contributed by atoms with Crippen LogP contribution in [0.3, 0.4) is 0 Å². The lowest BCUT2D eigenvalue weighted by molar-refractivity contribution is -0.117. The SMILES string of the molecule is CC[C@H](C)NC(=O)/C(C#N)=C/c1ccc(OCc2ccc(F)cc2)c(Br)c1. The van der Waals surface area contributed by atoms with Gasteiger partial charge in [-0.25, -0.2) is 4.39 Å². The summed E-state index contributed by atoms with van der Waals surface area (Å²) in [5.74, 6) is -0.0691. The number of nitriles is 1. The number of carbonyl (C=O) groups excluding carboxylic acids is 1. The Hall–Kier alpha value is -2.65. The molecule has 0 spiro atoms. The Morgan fingerprint density at radius 1 is 1.33 bits per heavy atom. The van der Waals surface area contributed by atoms with Gasteiger partial charge in [-0.05, 0) is 70.7 Å². The van der Waals surface area contributed by atoms with Crippen LogP contribution in [0.15, 0.2) is 52.5 Å². The van der Waals surface area contributed by atoms with Gasteiger partial charge < -0.3 is 10.1 Å². The summed E-state index contributed by atoms with van der Waals surface area (Å²) < 4.78 is 19.4. The molecule has 2 aromatic carbocycles. The summed E-state index contributed by atoms with van der Waals surface area (Å²) in [6, 6.07) is 13.3. The van der Waals surface area contributed by atoms with Crippen LogP contribution in [0, 0.1) is 17.1 Å². The zero-order valence-corrected chi connectivity index (χ0v) is 16.7. The second-order valence-corrected chi connectivity index (χ2v) is 6.91. The van der Waals surface area contributed by atoms with E-state index in [9.17, 15) is 14.4 Å². The number of rotatable bonds is 7. The molecule has 27 heavy (non-hydrogen) atoms. The average molecular weight is 431 g/mol. The predicted molar refractivity (Wildman–Crippen MR) is 106 cm³/mol. The van der Waals surface area contributed by atoms with E-state index in [-0.39, 0.29) is 23.3 Å². The molecule has 0 aromatic heterocycles. The molecule has 0 heterocycles. The van der Waals surface area contributed by atoms with Crippen molar-refractivity contribution in [1.82, 2.24) is 5.32 Å². The fourth-order valence-electron chi connectivity index (χ4n) is 2.18. The molecule has 140 valence electrons. The molecule has 1 N–H and O–H groups in total. The molecule has 0 fully saturated rings. The van der Waals surface area contributed by atoms with E-state index in [0.717, 1.165) is 12.0 Å². The van der Waals surface area contributed by atoms with Crippen LogP contribution in [0.4, 0.5) is 4.39 Å². The number of halogens is 2. The van der Waals surface area contributed by atoms with Gasteiger partial charge in [0, 0.05) is 6.04 Å². The molecule has 6 heteroatoms. The number of nitrogens with one attached hydrogen (secondary N) is 1. The summed E-state index contributed by atoms with van der Waals surface area (Å²) >= 11 is 3.43. The highest BCUT2D eigenvalue weighted by Gasteiger charge is 2.12. The third-order valence-corrected chi connectivity index (χ3v) is 4.55. The second-order valence-electron chi connectivity index (χ2n) is 6.06. The van der Waals surface area contributed by atoms with Gasteiger partial charge in [-0.3, -0.25) is 4.79 Å². The molecule has 0 bridgehead atoms. The topological polar surface area (TPSA) is 62.1 Å². The maximum absolute atomic E-state index is 12.9. The molecular formula is C21H20BrFN2O2. The van der Waals surface area contributed by atoms with Crippen molar-refractivity contribution in [3.63, 3.8) is 0 Å². The first-order valence-electron chi connectivity index (χ1n) is 8.52. The quantitative estimate of drug-likeness (QED) is 0.497. The molecule has 2 aromatic rings. The highest BCUT2D eigenvalue weighted by molar-refractivity contribution is 9.10. The first-order valence-corrected chi connectivity index (χ1v) is 9.31. The largest absolute Gasteiger partial charge is 0.488 e. The molecule has 0 radical (unpaired) electrons. The van der Waals surface area contributed by atoms with Gasteiger partial charge in [-0.1, -0.05) is 25.1 Å². The molecular weight excluding hydrogens is 411 g/mol. The minimum absolute atomic E-state index is 0.00298. The number of ether oxygens (including phenoxy) is 1. The molecule has 4 nitrogen and oxygen atoms in total. The number of nitrogens with zero attached hydrogens (tertiary/aromatic N) is 1. The van der Waals surface area contributed by atoms with Crippen LogP contribution in [-0.2, 0) is 11.4 Å². The summed E-state index contributed by atoms with van der Waals surface area (Å²) in [6.07, 6.45) is 2.32. The standard InChI is InChI=1S/C21H20BrFN2O2/c1-3-14(2)25-21(26)17(12-24)10-16-6-9-20(19(22)11-16)27-13-15-4-7-18(23)8-5-15/h4-11,14H,3,13H2,1-2H3,(H,25,26)/b17-10+/t14-/m0/s1. The van der Waals surface area contributed by atoms with Crippen molar-refractivity contribution in [2.75, 3.05) is 0 Å². The van der Waals surface area contributed by atoms with Crippen molar-refractivity contribution in [2.45, 2.75) is 32.9 Å². The summed E-state index contributed by atoms with van der Waals surface area (Å²) in [4.78, 5) is 12.1. The van der Waals surface area contributed by atoms with Crippen molar-refractivity contribution in [3.8, 4) is 11.8 Å². The Morgan fingerprint density at radius 3 is 2.63 bits per heavy atom. The highest BCUT2D eigenvalue weighted by Crippen LogP contribution is 2.27. The van der Waals surface area contributed by atoms with E-state index in [1.807, 2.05) is 19.9 Å². The summed E-state index contributed by atoms with van der Waals surface area (Å²) in [5, 5.41) is 12.0. The molecule has 0 aliphatic rings. The van der Waals surface area contributed by atoms with Crippen LogP contribution in [0.25, 0.3) is 6.08 Å². The lowest BCUT2D eigenvalue weighted by atomic mass is 10.1.